The molecule has 0 bridgehead atoms. The van der Waals surface area contributed by atoms with Crippen LogP contribution in [0.25, 0.3) is 0 Å². The van der Waals surface area contributed by atoms with Crippen molar-refractivity contribution in [1.29, 1.82) is 0 Å². The van der Waals surface area contributed by atoms with E-state index >= 15 is 0 Å². The van der Waals surface area contributed by atoms with Crippen LogP contribution in [0, 0.1) is 0 Å². The van der Waals surface area contributed by atoms with Crippen LogP contribution in [-0.2, 0) is 11.3 Å². The Morgan fingerprint density at radius 3 is 2.91 bits per heavy atom. The summed E-state index contributed by atoms with van der Waals surface area (Å²) in [5, 5.41) is 2.80. The molecule has 0 saturated carbocycles. The predicted octanol–water partition coefficient (Wildman–Crippen LogP) is 0.638. The molecule has 22 heavy (non-hydrogen) atoms. The number of carbonyl (C=O) groups excluding carboxylic acids is 1. The predicted molar refractivity (Wildman–Crippen MR) is 80.5 cm³/mol. The fourth-order valence-corrected chi connectivity index (χ4v) is 2.20. The van der Waals surface area contributed by atoms with Gasteiger partial charge in [0.25, 0.3) is 5.91 Å². The van der Waals surface area contributed by atoms with E-state index in [9.17, 15) is 4.79 Å². The van der Waals surface area contributed by atoms with Gasteiger partial charge in [0.15, 0.2) is 0 Å². The smallest absolute Gasteiger partial charge is 0.253 e. The first kappa shape index (κ1) is 14.4. The molecule has 0 atom stereocenters. The highest BCUT2D eigenvalue weighted by atomic mass is 16.5. The van der Waals surface area contributed by atoms with E-state index in [1.807, 2.05) is 6.07 Å². The Bertz CT molecular complexity index is 629. The van der Waals surface area contributed by atoms with Gasteiger partial charge in [0, 0.05) is 31.7 Å². The van der Waals surface area contributed by atoms with Crippen LogP contribution < -0.4 is 10.2 Å². The molecular formula is C15H17N5O2. The molecule has 0 radical (unpaired) electrons. The quantitative estimate of drug-likeness (QED) is 0.892. The molecule has 1 saturated heterocycles. The van der Waals surface area contributed by atoms with Gasteiger partial charge in [0.1, 0.15) is 11.6 Å². The molecule has 114 valence electrons. The van der Waals surface area contributed by atoms with E-state index in [2.05, 4.69) is 25.2 Å². The summed E-state index contributed by atoms with van der Waals surface area (Å²) in [6, 6.07) is 5.32. The Morgan fingerprint density at radius 2 is 2.14 bits per heavy atom. The molecule has 0 aliphatic carbocycles. The summed E-state index contributed by atoms with van der Waals surface area (Å²) in [5.74, 6) is 1.26. The number of anilines is 1. The number of hydrogen-bond acceptors (Lipinski definition) is 6. The number of carbonyl (C=O) groups is 1. The molecule has 7 nitrogen and oxygen atoms in total. The van der Waals surface area contributed by atoms with Crippen LogP contribution in [0.2, 0.25) is 0 Å². The Labute approximate surface area is 128 Å². The van der Waals surface area contributed by atoms with Crippen LogP contribution in [0.3, 0.4) is 0 Å². The van der Waals surface area contributed by atoms with Gasteiger partial charge in [0.05, 0.1) is 25.3 Å². The maximum Gasteiger partial charge on any atom is 0.253 e. The van der Waals surface area contributed by atoms with E-state index in [0.717, 1.165) is 18.9 Å². The molecule has 1 N–H and O–H groups in total. The van der Waals surface area contributed by atoms with Gasteiger partial charge in [-0.25, -0.2) is 9.97 Å². The van der Waals surface area contributed by atoms with E-state index in [4.69, 9.17) is 4.74 Å². The second-order valence-corrected chi connectivity index (χ2v) is 4.85. The van der Waals surface area contributed by atoms with Crippen LogP contribution >= 0.6 is 0 Å². The molecule has 0 unspecified atom stereocenters. The van der Waals surface area contributed by atoms with Gasteiger partial charge in [-0.1, -0.05) is 0 Å². The molecule has 2 aromatic heterocycles. The Balaban J connectivity index is 1.62. The number of pyridine rings is 1. The number of nitrogens with zero attached hydrogens (tertiary/aromatic N) is 4. The maximum absolute atomic E-state index is 12.0. The van der Waals surface area contributed by atoms with Gasteiger partial charge in [-0.05, 0) is 18.2 Å². The number of ether oxygens (including phenoxy) is 1. The Hall–Kier alpha value is -2.54. The summed E-state index contributed by atoms with van der Waals surface area (Å²) in [4.78, 5) is 26.7. The lowest BCUT2D eigenvalue weighted by molar-refractivity contribution is 0.0949. The van der Waals surface area contributed by atoms with Crippen molar-refractivity contribution in [3.8, 4) is 0 Å². The summed E-state index contributed by atoms with van der Waals surface area (Å²) in [6.07, 6.45) is 4.87. The second-order valence-electron chi connectivity index (χ2n) is 4.85. The van der Waals surface area contributed by atoms with E-state index in [1.165, 1.54) is 6.20 Å². The topological polar surface area (TPSA) is 80.2 Å². The normalized spacial score (nSPS) is 14.6. The SMILES string of the molecule is O=C(NCc1nccc(N2CCOCC2)n1)c1cccnc1. The van der Waals surface area contributed by atoms with Crippen molar-refractivity contribution in [2.75, 3.05) is 31.2 Å². The molecule has 0 aromatic carbocycles. The van der Waals surface area contributed by atoms with Crippen molar-refractivity contribution in [1.82, 2.24) is 20.3 Å². The van der Waals surface area contributed by atoms with Gasteiger partial charge in [0.2, 0.25) is 0 Å². The summed E-state index contributed by atoms with van der Waals surface area (Å²) in [7, 11) is 0. The molecule has 1 amide bonds. The monoisotopic (exact) mass is 299 g/mol. The second kappa shape index (κ2) is 6.95. The Kier molecular flexibility index (Phi) is 4.55. The molecule has 1 aliphatic rings. The summed E-state index contributed by atoms with van der Waals surface area (Å²) in [6.45, 7) is 3.33. The summed E-state index contributed by atoms with van der Waals surface area (Å²) in [5.41, 5.74) is 0.520. The third-order valence-electron chi connectivity index (χ3n) is 3.36. The zero-order valence-corrected chi connectivity index (χ0v) is 12.1. The van der Waals surface area contributed by atoms with E-state index in [-0.39, 0.29) is 12.5 Å². The minimum absolute atomic E-state index is 0.187. The minimum atomic E-state index is -0.187. The standard InChI is InChI=1S/C15H17N5O2/c21-15(12-2-1-4-16-10-12)18-11-13-17-5-3-14(19-13)20-6-8-22-9-7-20/h1-5,10H,6-9,11H2,(H,18,21). The van der Waals surface area contributed by atoms with Gasteiger partial charge in [-0.3, -0.25) is 9.78 Å². The molecule has 2 aromatic rings. The van der Waals surface area contributed by atoms with Crippen molar-refractivity contribution in [3.05, 3.63) is 48.2 Å². The van der Waals surface area contributed by atoms with Gasteiger partial charge >= 0.3 is 0 Å². The lowest BCUT2D eigenvalue weighted by Gasteiger charge is -2.27. The van der Waals surface area contributed by atoms with Gasteiger partial charge in [-0.2, -0.15) is 0 Å². The lowest BCUT2D eigenvalue weighted by Crippen LogP contribution is -2.37. The number of nitrogens with one attached hydrogen (secondary N) is 1. The molecule has 1 aliphatic heterocycles. The minimum Gasteiger partial charge on any atom is -0.378 e. The first-order valence-corrected chi connectivity index (χ1v) is 7.16. The zero-order chi connectivity index (χ0) is 15.2. The average molecular weight is 299 g/mol. The lowest BCUT2D eigenvalue weighted by atomic mass is 10.3. The third kappa shape index (κ3) is 3.56. The molecule has 3 heterocycles. The highest BCUT2D eigenvalue weighted by Gasteiger charge is 2.13. The van der Waals surface area contributed by atoms with Crippen molar-refractivity contribution >= 4 is 11.7 Å². The van der Waals surface area contributed by atoms with Crippen molar-refractivity contribution in [2.45, 2.75) is 6.54 Å². The molecular weight excluding hydrogens is 282 g/mol. The average Bonchev–Trinajstić information content (AvgIpc) is 2.61. The molecule has 0 spiro atoms. The van der Waals surface area contributed by atoms with Crippen LogP contribution in [0.5, 0.6) is 0 Å². The molecule has 3 rings (SSSR count). The largest absolute Gasteiger partial charge is 0.378 e. The van der Waals surface area contributed by atoms with E-state index in [1.54, 1.807) is 24.5 Å². The number of rotatable bonds is 4. The van der Waals surface area contributed by atoms with Gasteiger partial charge < -0.3 is 15.0 Å². The highest BCUT2D eigenvalue weighted by molar-refractivity contribution is 5.93. The first-order valence-electron chi connectivity index (χ1n) is 7.16. The van der Waals surface area contributed by atoms with Crippen molar-refractivity contribution in [3.63, 3.8) is 0 Å². The van der Waals surface area contributed by atoms with Crippen molar-refractivity contribution < 1.29 is 9.53 Å². The highest BCUT2D eigenvalue weighted by Crippen LogP contribution is 2.11. The maximum atomic E-state index is 12.0. The molecule has 7 heteroatoms. The summed E-state index contributed by atoms with van der Waals surface area (Å²) >= 11 is 0. The number of morpholine rings is 1. The van der Waals surface area contributed by atoms with Crippen LogP contribution in [0.4, 0.5) is 5.82 Å². The Morgan fingerprint density at radius 1 is 1.27 bits per heavy atom. The van der Waals surface area contributed by atoms with Crippen LogP contribution in [0.1, 0.15) is 16.2 Å². The number of hydrogen-bond donors (Lipinski definition) is 1. The number of aromatic nitrogens is 3. The zero-order valence-electron chi connectivity index (χ0n) is 12.1. The van der Waals surface area contributed by atoms with Gasteiger partial charge in [-0.15, -0.1) is 0 Å². The fourth-order valence-electron chi connectivity index (χ4n) is 2.20. The number of amides is 1. The van der Waals surface area contributed by atoms with Crippen LogP contribution in [-0.4, -0.2) is 47.2 Å². The third-order valence-corrected chi connectivity index (χ3v) is 3.36. The van der Waals surface area contributed by atoms with E-state index in [0.29, 0.717) is 24.6 Å². The summed E-state index contributed by atoms with van der Waals surface area (Å²) < 4.78 is 5.33. The fraction of sp³-hybridized carbons (Fsp3) is 0.333. The first-order chi connectivity index (χ1) is 10.8. The molecule has 1 fully saturated rings. The van der Waals surface area contributed by atoms with Crippen LogP contribution in [0.15, 0.2) is 36.8 Å². The van der Waals surface area contributed by atoms with E-state index < -0.39 is 0 Å². The van der Waals surface area contributed by atoms with Crippen molar-refractivity contribution in [2.24, 2.45) is 0 Å².